The van der Waals surface area contributed by atoms with Crippen LogP contribution < -0.4 is 10.2 Å². The normalized spacial score (nSPS) is 17.2. The lowest BCUT2D eigenvalue weighted by molar-refractivity contribution is -0.141. The molecule has 1 aromatic carbocycles. The summed E-state index contributed by atoms with van der Waals surface area (Å²) in [5.41, 5.74) is 1.98. The molecule has 0 spiro atoms. The summed E-state index contributed by atoms with van der Waals surface area (Å²) in [5, 5.41) is 6.11. The summed E-state index contributed by atoms with van der Waals surface area (Å²) in [4.78, 5) is 26.2. The number of rotatable bonds is 5. The largest absolute Gasteiger partial charge is 0.435 e. The molecule has 0 saturated carbocycles. The second-order valence-electron chi connectivity index (χ2n) is 6.93. The minimum atomic E-state index is -4.49. The van der Waals surface area contributed by atoms with Crippen molar-refractivity contribution in [3.63, 3.8) is 0 Å². The molecule has 0 aliphatic carbocycles. The van der Waals surface area contributed by atoms with Crippen LogP contribution in [-0.4, -0.2) is 34.7 Å². The lowest BCUT2D eigenvalue weighted by Gasteiger charge is -2.18. The lowest BCUT2D eigenvalue weighted by atomic mass is 10.1. The number of benzene rings is 1. The third-order valence-electron chi connectivity index (χ3n) is 4.87. The van der Waals surface area contributed by atoms with E-state index in [2.05, 4.69) is 10.4 Å². The molecule has 1 fully saturated rings. The van der Waals surface area contributed by atoms with E-state index >= 15 is 0 Å². The zero-order chi connectivity index (χ0) is 20.5. The highest BCUT2D eigenvalue weighted by molar-refractivity contribution is 6.00. The molecule has 28 heavy (non-hydrogen) atoms. The van der Waals surface area contributed by atoms with E-state index in [0.29, 0.717) is 0 Å². The van der Waals surface area contributed by atoms with Crippen LogP contribution in [0.4, 0.5) is 18.9 Å². The first-order chi connectivity index (χ1) is 13.1. The molecule has 1 aliphatic heterocycles. The van der Waals surface area contributed by atoms with Gasteiger partial charge in [-0.05, 0) is 43.2 Å². The Labute approximate surface area is 160 Å². The maximum Gasteiger partial charge on any atom is 0.435 e. The van der Waals surface area contributed by atoms with Crippen LogP contribution in [0.15, 0.2) is 30.5 Å². The SMILES string of the molecule is Cc1ccc(N2C[C@@H](C(=O)NCCn3ccc(C(F)(F)F)n3)CC2=O)cc1C. The Morgan fingerprint density at radius 3 is 2.64 bits per heavy atom. The maximum absolute atomic E-state index is 12.5. The summed E-state index contributed by atoms with van der Waals surface area (Å²) >= 11 is 0. The third kappa shape index (κ3) is 4.35. The number of hydrogen-bond donors (Lipinski definition) is 1. The number of carbonyl (C=O) groups is 2. The van der Waals surface area contributed by atoms with Crippen molar-refractivity contribution < 1.29 is 22.8 Å². The highest BCUT2D eigenvalue weighted by Gasteiger charge is 2.35. The number of amides is 2. The molecule has 2 aromatic rings. The van der Waals surface area contributed by atoms with E-state index < -0.39 is 17.8 Å². The van der Waals surface area contributed by atoms with Crippen molar-refractivity contribution in [2.75, 3.05) is 18.0 Å². The fourth-order valence-electron chi connectivity index (χ4n) is 3.10. The fraction of sp³-hybridized carbons (Fsp3) is 0.421. The quantitative estimate of drug-likeness (QED) is 0.848. The van der Waals surface area contributed by atoms with Crippen LogP contribution in [0.5, 0.6) is 0 Å². The Kier molecular flexibility index (Phi) is 5.44. The number of carbonyl (C=O) groups excluding carboxylic acids is 2. The molecule has 1 saturated heterocycles. The average Bonchev–Trinajstić information content (AvgIpc) is 3.24. The van der Waals surface area contributed by atoms with Gasteiger partial charge in [-0.2, -0.15) is 18.3 Å². The predicted octanol–water partition coefficient (Wildman–Crippen LogP) is 2.69. The Morgan fingerprint density at radius 2 is 2.00 bits per heavy atom. The van der Waals surface area contributed by atoms with Crippen molar-refractivity contribution >= 4 is 17.5 Å². The Morgan fingerprint density at radius 1 is 1.25 bits per heavy atom. The molecular formula is C19H21F3N4O2. The van der Waals surface area contributed by atoms with Gasteiger partial charge in [0, 0.05) is 31.4 Å². The summed E-state index contributed by atoms with van der Waals surface area (Å²) in [7, 11) is 0. The van der Waals surface area contributed by atoms with E-state index in [0.717, 1.165) is 27.6 Å². The van der Waals surface area contributed by atoms with E-state index in [1.807, 2.05) is 32.0 Å². The van der Waals surface area contributed by atoms with Gasteiger partial charge < -0.3 is 10.2 Å². The minimum Gasteiger partial charge on any atom is -0.354 e. The molecule has 0 radical (unpaired) electrons. The number of aryl methyl sites for hydroxylation is 2. The van der Waals surface area contributed by atoms with Crippen LogP contribution in [0.2, 0.25) is 0 Å². The van der Waals surface area contributed by atoms with Gasteiger partial charge in [-0.3, -0.25) is 14.3 Å². The number of anilines is 1. The molecule has 1 atom stereocenters. The van der Waals surface area contributed by atoms with E-state index in [-0.39, 0.29) is 37.9 Å². The second-order valence-corrected chi connectivity index (χ2v) is 6.93. The van der Waals surface area contributed by atoms with Gasteiger partial charge in [0.05, 0.1) is 12.5 Å². The predicted molar refractivity (Wildman–Crippen MR) is 96.6 cm³/mol. The first-order valence-corrected chi connectivity index (χ1v) is 8.91. The summed E-state index contributed by atoms with van der Waals surface area (Å²) in [6.07, 6.45) is -3.16. The smallest absolute Gasteiger partial charge is 0.354 e. The van der Waals surface area contributed by atoms with Crippen molar-refractivity contribution in [1.29, 1.82) is 0 Å². The highest BCUT2D eigenvalue weighted by atomic mass is 19.4. The highest BCUT2D eigenvalue weighted by Crippen LogP contribution is 2.28. The summed E-state index contributed by atoms with van der Waals surface area (Å²) in [6.45, 7) is 4.48. The monoisotopic (exact) mass is 394 g/mol. The van der Waals surface area contributed by atoms with E-state index in [9.17, 15) is 22.8 Å². The number of alkyl halides is 3. The summed E-state index contributed by atoms with van der Waals surface area (Å²) < 4.78 is 38.7. The zero-order valence-electron chi connectivity index (χ0n) is 15.6. The molecule has 6 nitrogen and oxygen atoms in total. The van der Waals surface area contributed by atoms with Crippen molar-refractivity contribution in [2.45, 2.75) is 33.0 Å². The van der Waals surface area contributed by atoms with Crippen LogP contribution >= 0.6 is 0 Å². The van der Waals surface area contributed by atoms with Crippen LogP contribution in [0.3, 0.4) is 0 Å². The van der Waals surface area contributed by atoms with Crippen LogP contribution in [0.25, 0.3) is 0 Å². The molecular weight excluding hydrogens is 373 g/mol. The molecule has 1 N–H and O–H groups in total. The molecule has 2 amide bonds. The van der Waals surface area contributed by atoms with Gasteiger partial charge in [0.25, 0.3) is 0 Å². The lowest BCUT2D eigenvalue weighted by Crippen LogP contribution is -2.34. The first-order valence-electron chi connectivity index (χ1n) is 8.91. The molecule has 9 heteroatoms. The maximum atomic E-state index is 12.5. The number of hydrogen-bond acceptors (Lipinski definition) is 3. The topological polar surface area (TPSA) is 67.2 Å². The fourth-order valence-corrected chi connectivity index (χ4v) is 3.10. The molecule has 0 unspecified atom stereocenters. The first kappa shape index (κ1) is 19.9. The molecule has 1 aromatic heterocycles. The molecule has 2 heterocycles. The van der Waals surface area contributed by atoms with Crippen molar-refractivity contribution in [3.8, 4) is 0 Å². The Bertz CT molecular complexity index is 892. The molecule has 150 valence electrons. The Balaban J connectivity index is 1.53. The number of aromatic nitrogens is 2. The van der Waals surface area contributed by atoms with Gasteiger partial charge >= 0.3 is 6.18 Å². The van der Waals surface area contributed by atoms with Gasteiger partial charge in [0.2, 0.25) is 11.8 Å². The zero-order valence-corrected chi connectivity index (χ0v) is 15.6. The minimum absolute atomic E-state index is 0.110. The van der Waals surface area contributed by atoms with E-state index in [1.165, 1.54) is 6.20 Å². The van der Waals surface area contributed by atoms with Crippen molar-refractivity contribution in [3.05, 3.63) is 47.3 Å². The molecule has 3 rings (SSSR count). The van der Waals surface area contributed by atoms with Gasteiger partial charge in [-0.15, -0.1) is 0 Å². The van der Waals surface area contributed by atoms with Crippen LogP contribution in [0, 0.1) is 19.8 Å². The number of halogens is 3. The van der Waals surface area contributed by atoms with Gasteiger partial charge in [-0.1, -0.05) is 6.07 Å². The second kappa shape index (κ2) is 7.65. The standard InChI is InChI=1S/C19H21F3N4O2/c1-12-3-4-15(9-13(12)2)26-11-14(10-17(26)27)18(28)23-6-8-25-7-5-16(24-25)19(20,21)22/h3-5,7,9,14H,6,8,10-11H2,1-2H3,(H,23,28)/t14-/m0/s1. The van der Waals surface area contributed by atoms with Gasteiger partial charge in [0.1, 0.15) is 0 Å². The Hall–Kier alpha value is -2.84. The van der Waals surface area contributed by atoms with E-state index in [4.69, 9.17) is 0 Å². The van der Waals surface area contributed by atoms with Crippen molar-refractivity contribution in [1.82, 2.24) is 15.1 Å². The molecule has 1 aliphatic rings. The summed E-state index contributed by atoms with van der Waals surface area (Å²) in [6, 6.07) is 6.60. The third-order valence-corrected chi connectivity index (χ3v) is 4.87. The molecule has 0 bridgehead atoms. The van der Waals surface area contributed by atoms with Crippen LogP contribution in [-0.2, 0) is 22.3 Å². The van der Waals surface area contributed by atoms with Gasteiger partial charge in [0.15, 0.2) is 5.69 Å². The van der Waals surface area contributed by atoms with Crippen molar-refractivity contribution in [2.24, 2.45) is 5.92 Å². The van der Waals surface area contributed by atoms with Crippen LogP contribution in [0.1, 0.15) is 23.2 Å². The number of nitrogens with zero attached hydrogens (tertiary/aromatic N) is 3. The number of nitrogens with one attached hydrogen (secondary N) is 1. The van der Waals surface area contributed by atoms with Gasteiger partial charge in [-0.25, -0.2) is 0 Å². The average molecular weight is 394 g/mol. The summed E-state index contributed by atoms with van der Waals surface area (Å²) in [5.74, 6) is -0.898. The van der Waals surface area contributed by atoms with E-state index in [1.54, 1.807) is 4.90 Å².